The van der Waals surface area contributed by atoms with Crippen molar-refractivity contribution in [2.45, 2.75) is 18.9 Å². The molecule has 0 amide bonds. The molecule has 76 valence electrons. The molecular formula is C10H12BrClN2. The van der Waals surface area contributed by atoms with Crippen LogP contribution in [0, 0.1) is 5.92 Å². The molecule has 1 aliphatic rings. The number of hydrazine groups is 1. The van der Waals surface area contributed by atoms with E-state index >= 15 is 0 Å². The number of nitrogens with two attached hydrogens (primary N) is 1. The normalized spacial score (nSPS) is 18.2. The zero-order valence-electron chi connectivity index (χ0n) is 7.63. The molecule has 1 unspecified atom stereocenters. The largest absolute Gasteiger partial charge is 0.271 e. The average molecular weight is 276 g/mol. The molecule has 0 radical (unpaired) electrons. The fourth-order valence-electron chi connectivity index (χ4n) is 1.69. The highest BCUT2D eigenvalue weighted by molar-refractivity contribution is 9.10. The Kier molecular flexibility index (Phi) is 3.12. The third-order valence-electron chi connectivity index (χ3n) is 2.58. The van der Waals surface area contributed by atoms with E-state index in [9.17, 15) is 0 Å². The van der Waals surface area contributed by atoms with E-state index in [1.54, 1.807) is 0 Å². The predicted octanol–water partition coefficient (Wildman–Crippen LogP) is 3.02. The summed E-state index contributed by atoms with van der Waals surface area (Å²) in [4.78, 5) is 0. The molecule has 0 aliphatic heterocycles. The van der Waals surface area contributed by atoms with Gasteiger partial charge in [0.1, 0.15) is 0 Å². The van der Waals surface area contributed by atoms with Crippen molar-refractivity contribution in [1.29, 1.82) is 0 Å². The fraction of sp³-hybridized carbons (Fsp3) is 0.400. The smallest absolute Gasteiger partial charge is 0.0514 e. The van der Waals surface area contributed by atoms with Gasteiger partial charge in [0, 0.05) is 15.1 Å². The first-order chi connectivity index (χ1) is 6.74. The molecule has 0 heterocycles. The number of hydrogen-bond acceptors (Lipinski definition) is 2. The molecule has 1 saturated carbocycles. The van der Waals surface area contributed by atoms with Crippen LogP contribution >= 0.6 is 27.5 Å². The highest BCUT2D eigenvalue weighted by atomic mass is 79.9. The highest BCUT2D eigenvalue weighted by Gasteiger charge is 2.33. The first kappa shape index (κ1) is 10.4. The van der Waals surface area contributed by atoms with E-state index in [1.807, 2.05) is 18.2 Å². The lowest BCUT2D eigenvalue weighted by atomic mass is 10.0. The third-order valence-corrected chi connectivity index (χ3v) is 3.60. The van der Waals surface area contributed by atoms with Gasteiger partial charge < -0.3 is 0 Å². The van der Waals surface area contributed by atoms with Gasteiger partial charge >= 0.3 is 0 Å². The molecule has 0 saturated heterocycles. The summed E-state index contributed by atoms with van der Waals surface area (Å²) in [7, 11) is 0. The second kappa shape index (κ2) is 4.19. The standard InChI is InChI=1S/C10H12BrClN2/c11-7-2-1-3-8(12)9(7)10(14-13)6-4-5-6/h1-3,6,10,14H,4-5,13H2. The molecule has 0 aromatic heterocycles. The number of rotatable bonds is 3. The first-order valence-corrected chi connectivity index (χ1v) is 5.81. The Morgan fingerprint density at radius 1 is 1.50 bits per heavy atom. The summed E-state index contributed by atoms with van der Waals surface area (Å²) in [6.07, 6.45) is 2.46. The topological polar surface area (TPSA) is 38.0 Å². The summed E-state index contributed by atoms with van der Waals surface area (Å²) in [5, 5.41) is 0.772. The predicted molar refractivity (Wildman–Crippen MR) is 61.9 cm³/mol. The van der Waals surface area contributed by atoms with Crippen LogP contribution in [-0.4, -0.2) is 0 Å². The van der Waals surface area contributed by atoms with Gasteiger partial charge in [-0.3, -0.25) is 11.3 Å². The van der Waals surface area contributed by atoms with Gasteiger partial charge in [0.2, 0.25) is 0 Å². The van der Waals surface area contributed by atoms with E-state index in [1.165, 1.54) is 12.8 Å². The first-order valence-electron chi connectivity index (χ1n) is 4.64. The summed E-state index contributed by atoms with van der Waals surface area (Å²) < 4.78 is 1.03. The zero-order chi connectivity index (χ0) is 10.1. The molecule has 3 N–H and O–H groups in total. The monoisotopic (exact) mass is 274 g/mol. The summed E-state index contributed by atoms with van der Waals surface area (Å²) >= 11 is 9.65. The minimum absolute atomic E-state index is 0.179. The van der Waals surface area contributed by atoms with Crippen LogP contribution in [0.3, 0.4) is 0 Å². The molecule has 1 aliphatic carbocycles. The van der Waals surface area contributed by atoms with Gasteiger partial charge in [0.15, 0.2) is 0 Å². The SMILES string of the molecule is NNC(c1c(Cl)cccc1Br)C1CC1. The minimum atomic E-state index is 0.179. The van der Waals surface area contributed by atoms with E-state index in [2.05, 4.69) is 21.4 Å². The van der Waals surface area contributed by atoms with Crippen LogP contribution < -0.4 is 11.3 Å². The summed E-state index contributed by atoms with van der Waals surface area (Å²) in [5.41, 5.74) is 3.93. The lowest BCUT2D eigenvalue weighted by molar-refractivity contribution is 0.495. The molecule has 1 fully saturated rings. The molecule has 1 aromatic rings. The molecule has 1 atom stereocenters. The maximum absolute atomic E-state index is 6.15. The lowest BCUT2D eigenvalue weighted by Gasteiger charge is -2.18. The van der Waals surface area contributed by atoms with Crippen molar-refractivity contribution in [2.24, 2.45) is 11.8 Å². The third kappa shape index (κ3) is 1.96. The summed E-state index contributed by atoms with van der Waals surface area (Å²) in [5.74, 6) is 6.19. The highest BCUT2D eigenvalue weighted by Crippen LogP contribution is 2.44. The number of nitrogens with one attached hydrogen (secondary N) is 1. The summed E-state index contributed by atoms with van der Waals surface area (Å²) in [6.45, 7) is 0. The van der Waals surface area contributed by atoms with Crippen LogP contribution in [0.2, 0.25) is 5.02 Å². The van der Waals surface area contributed by atoms with Crippen molar-refractivity contribution < 1.29 is 0 Å². The van der Waals surface area contributed by atoms with Gasteiger partial charge in [-0.2, -0.15) is 0 Å². The zero-order valence-corrected chi connectivity index (χ0v) is 9.98. The molecule has 14 heavy (non-hydrogen) atoms. The Morgan fingerprint density at radius 3 is 2.71 bits per heavy atom. The van der Waals surface area contributed by atoms with E-state index in [-0.39, 0.29) is 6.04 Å². The second-order valence-electron chi connectivity index (χ2n) is 3.62. The van der Waals surface area contributed by atoms with Crippen LogP contribution in [0.25, 0.3) is 0 Å². The number of halogens is 2. The fourth-order valence-corrected chi connectivity index (χ4v) is 2.71. The van der Waals surface area contributed by atoms with E-state index < -0.39 is 0 Å². The van der Waals surface area contributed by atoms with Crippen molar-refractivity contribution in [3.05, 3.63) is 33.3 Å². The van der Waals surface area contributed by atoms with Gasteiger partial charge in [-0.1, -0.05) is 33.6 Å². The molecule has 0 bridgehead atoms. The average Bonchev–Trinajstić information content (AvgIpc) is 2.95. The van der Waals surface area contributed by atoms with Gasteiger partial charge in [0.25, 0.3) is 0 Å². The Hall–Kier alpha value is -0.0900. The van der Waals surface area contributed by atoms with Crippen molar-refractivity contribution in [2.75, 3.05) is 0 Å². The second-order valence-corrected chi connectivity index (χ2v) is 4.88. The molecule has 0 spiro atoms. The van der Waals surface area contributed by atoms with Gasteiger partial charge in [-0.25, -0.2) is 0 Å². The van der Waals surface area contributed by atoms with Crippen molar-refractivity contribution in [1.82, 2.24) is 5.43 Å². The quantitative estimate of drug-likeness (QED) is 0.657. The summed E-state index contributed by atoms with van der Waals surface area (Å²) in [6, 6.07) is 6.00. The van der Waals surface area contributed by atoms with Gasteiger partial charge in [-0.15, -0.1) is 0 Å². The van der Waals surface area contributed by atoms with E-state index in [0.29, 0.717) is 5.92 Å². The van der Waals surface area contributed by atoms with Crippen molar-refractivity contribution >= 4 is 27.5 Å². The number of hydrogen-bond donors (Lipinski definition) is 2. The van der Waals surface area contributed by atoms with E-state index in [4.69, 9.17) is 17.4 Å². The Bertz CT molecular complexity index is 319. The van der Waals surface area contributed by atoms with Crippen LogP contribution in [0.5, 0.6) is 0 Å². The Labute approximate surface area is 96.9 Å². The van der Waals surface area contributed by atoms with Gasteiger partial charge in [0.05, 0.1) is 6.04 Å². The van der Waals surface area contributed by atoms with Crippen LogP contribution in [0.4, 0.5) is 0 Å². The molecule has 2 rings (SSSR count). The van der Waals surface area contributed by atoms with Crippen molar-refractivity contribution in [3.8, 4) is 0 Å². The Morgan fingerprint density at radius 2 is 2.21 bits per heavy atom. The minimum Gasteiger partial charge on any atom is -0.271 e. The molecule has 2 nitrogen and oxygen atoms in total. The van der Waals surface area contributed by atoms with Gasteiger partial charge in [-0.05, 0) is 30.9 Å². The van der Waals surface area contributed by atoms with Crippen LogP contribution in [0.1, 0.15) is 24.4 Å². The molecular weight excluding hydrogens is 263 g/mol. The van der Waals surface area contributed by atoms with E-state index in [0.717, 1.165) is 15.1 Å². The maximum atomic E-state index is 6.15. The molecule has 1 aromatic carbocycles. The van der Waals surface area contributed by atoms with Crippen molar-refractivity contribution in [3.63, 3.8) is 0 Å². The maximum Gasteiger partial charge on any atom is 0.0514 e. The molecule has 4 heteroatoms. The van der Waals surface area contributed by atoms with Crippen LogP contribution in [-0.2, 0) is 0 Å². The van der Waals surface area contributed by atoms with Crippen LogP contribution in [0.15, 0.2) is 22.7 Å². The number of benzene rings is 1. The Balaban J connectivity index is 2.36. The lowest BCUT2D eigenvalue weighted by Crippen LogP contribution is -2.29.